The lowest BCUT2D eigenvalue weighted by Gasteiger charge is -2.12. The van der Waals surface area contributed by atoms with E-state index in [0.717, 1.165) is 11.8 Å². The summed E-state index contributed by atoms with van der Waals surface area (Å²) in [5.41, 5.74) is -4.58. The fraction of sp³-hybridized carbons (Fsp3) is 0.300. The minimum absolute atomic E-state index is 0.130. The van der Waals surface area contributed by atoms with Gasteiger partial charge < -0.3 is 0 Å². The predicted molar refractivity (Wildman–Crippen MR) is 59.5 cm³/mol. The number of hydrogen-bond donors (Lipinski definition) is 0. The van der Waals surface area contributed by atoms with E-state index >= 15 is 0 Å². The summed E-state index contributed by atoms with van der Waals surface area (Å²) in [6, 6.07) is 1.39. The smallest absolute Gasteiger partial charge is 0.223 e. The Balaban J connectivity index is 2.94. The van der Waals surface area contributed by atoms with Crippen molar-refractivity contribution in [3.8, 4) is 6.07 Å². The third kappa shape index (κ3) is 2.63. The van der Waals surface area contributed by atoms with E-state index in [1.165, 1.54) is 12.3 Å². The van der Waals surface area contributed by atoms with Crippen molar-refractivity contribution >= 4 is 17.4 Å². The first-order valence-electron chi connectivity index (χ1n) is 5.12. The molecule has 0 aliphatic heterocycles. The molecule has 0 spiro atoms. The molecule has 0 unspecified atom stereocenters. The molecule has 0 aliphatic rings. The van der Waals surface area contributed by atoms with Gasteiger partial charge in [0.25, 0.3) is 0 Å². The van der Waals surface area contributed by atoms with Gasteiger partial charge in [-0.25, -0.2) is 9.50 Å². The van der Waals surface area contributed by atoms with Crippen molar-refractivity contribution in [3.63, 3.8) is 0 Å². The van der Waals surface area contributed by atoms with E-state index in [1.807, 2.05) is 0 Å². The molecule has 21 heavy (non-hydrogen) atoms. The molecule has 2 rings (SSSR count). The van der Waals surface area contributed by atoms with E-state index in [4.69, 9.17) is 5.26 Å². The van der Waals surface area contributed by atoms with E-state index in [0.29, 0.717) is 0 Å². The average Bonchev–Trinajstić information content (AvgIpc) is 2.72. The molecule has 0 fully saturated rings. The van der Waals surface area contributed by atoms with Crippen LogP contribution >= 0.6 is 11.8 Å². The lowest BCUT2D eigenvalue weighted by atomic mass is 10.3. The third-order valence-electron chi connectivity index (χ3n) is 2.44. The molecule has 0 N–H and O–H groups in total. The number of halogens is 6. The topological polar surface area (TPSA) is 54.0 Å². The Morgan fingerprint density at radius 2 is 1.81 bits per heavy atom. The van der Waals surface area contributed by atoms with Gasteiger partial charge in [-0.05, 0) is 12.3 Å². The van der Waals surface area contributed by atoms with Gasteiger partial charge in [0.15, 0.2) is 11.3 Å². The van der Waals surface area contributed by atoms with Crippen LogP contribution in [0.5, 0.6) is 0 Å². The maximum atomic E-state index is 12.9. The first-order chi connectivity index (χ1) is 9.59. The van der Waals surface area contributed by atoms with Gasteiger partial charge in [-0.3, -0.25) is 0 Å². The molecule has 11 heteroatoms. The normalized spacial score (nSPS) is 12.7. The molecule has 2 heterocycles. The standard InChI is InChI=1S/C10H4F6N4S/c1-21-8-4(3-17)7-18-5(9(11,12)13)2-6(10(14,15)16)20(7)19-8/h2H,1H3. The van der Waals surface area contributed by atoms with E-state index in [-0.39, 0.29) is 15.6 Å². The summed E-state index contributed by atoms with van der Waals surface area (Å²) in [6.07, 6.45) is -8.71. The fourth-order valence-corrected chi connectivity index (χ4v) is 2.09. The second-order valence-electron chi connectivity index (χ2n) is 3.75. The van der Waals surface area contributed by atoms with E-state index in [9.17, 15) is 26.3 Å². The van der Waals surface area contributed by atoms with Crippen molar-refractivity contribution in [1.82, 2.24) is 14.6 Å². The van der Waals surface area contributed by atoms with E-state index < -0.39 is 35.0 Å². The molecule has 112 valence electrons. The number of thioether (sulfide) groups is 1. The van der Waals surface area contributed by atoms with Crippen molar-refractivity contribution in [2.24, 2.45) is 0 Å². The Morgan fingerprint density at radius 3 is 2.24 bits per heavy atom. The molecule has 0 atom stereocenters. The zero-order valence-corrected chi connectivity index (χ0v) is 10.9. The molecule has 0 amide bonds. The van der Waals surface area contributed by atoms with Crippen LogP contribution in [-0.4, -0.2) is 20.9 Å². The molecule has 0 aliphatic carbocycles. The number of nitrogens with zero attached hydrogens (tertiary/aromatic N) is 4. The summed E-state index contributed by atoms with van der Waals surface area (Å²) in [4.78, 5) is 3.10. The quantitative estimate of drug-likeness (QED) is 0.596. The van der Waals surface area contributed by atoms with Gasteiger partial charge in [-0.15, -0.1) is 11.8 Å². The first-order valence-corrected chi connectivity index (χ1v) is 6.34. The summed E-state index contributed by atoms with van der Waals surface area (Å²) in [5, 5.41) is 12.3. The van der Waals surface area contributed by atoms with Gasteiger partial charge in [0.1, 0.15) is 22.4 Å². The molecule has 2 aromatic rings. The monoisotopic (exact) mass is 326 g/mol. The third-order valence-corrected chi connectivity index (χ3v) is 3.12. The van der Waals surface area contributed by atoms with Crippen LogP contribution < -0.4 is 0 Å². The SMILES string of the molecule is CSc1nn2c(C(F)(F)F)cc(C(F)(F)F)nc2c1C#N. The van der Waals surface area contributed by atoms with Crippen molar-refractivity contribution in [2.75, 3.05) is 6.26 Å². The average molecular weight is 326 g/mol. The zero-order valence-electron chi connectivity index (χ0n) is 10.0. The maximum absolute atomic E-state index is 12.9. The molecule has 0 radical (unpaired) electrons. The first kappa shape index (κ1) is 15.4. The highest BCUT2D eigenvalue weighted by molar-refractivity contribution is 7.98. The van der Waals surface area contributed by atoms with Crippen LogP contribution in [0.15, 0.2) is 11.1 Å². The van der Waals surface area contributed by atoms with Crippen LogP contribution in [0.1, 0.15) is 17.0 Å². The molecule has 2 aromatic heterocycles. The Labute approximate surface area is 117 Å². The van der Waals surface area contributed by atoms with Crippen molar-refractivity contribution in [3.05, 3.63) is 23.0 Å². The Bertz CT molecular complexity index is 739. The summed E-state index contributed by atoms with van der Waals surface area (Å²) in [7, 11) is 0. The minimum atomic E-state index is -5.07. The number of alkyl halides is 6. The second-order valence-corrected chi connectivity index (χ2v) is 4.55. The Hall–Kier alpha value is -1.96. The van der Waals surface area contributed by atoms with E-state index in [1.54, 1.807) is 0 Å². The molecule has 0 saturated carbocycles. The maximum Gasteiger partial charge on any atom is 0.433 e. The minimum Gasteiger partial charge on any atom is -0.223 e. The number of fused-ring (bicyclic) bond motifs is 1. The predicted octanol–water partition coefficient (Wildman–Crippen LogP) is 3.36. The number of rotatable bonds is 1. The number of nitriles is 1. The molecular formula is C10H4F6N4S. The Kier molecular flexibility index (Phi) is 3.53. The summed E-state index contributed by atoms with van der Waals surface area (Å²) in [6.45, 7) is 0. The van der Waals surface area contributed by atoms with Gasteiger partial charge in [-0.1, -0.05) is 0 Å². The van der Waals surface area contributed by atoms with Gasteiger partial charge in [-0.2, -0.15) is 36.7 Å². The molecule has 0 saturated heterocycles. The highest BCUT2D eigenvalue weighted by Gasteiger charge is 2.41. The van der Waals surface area contributed by atoms with Gasteiger partial charge >= 0.3 is 12.4 Å². The van der Waals surface area contributed by atoms with Crippen LogP contribution in [0, 0.1) is 11.3 Å². The van der Waals surface area contributed by atoms with Crippen molar-refractivity contribution < 1.29 is 26.3 Å². The van der Waals surface area contributed by atoms with Gasteiger partial charge in [0.2, 0.25) is 0 Å². The summed E-state index contributed by atoms with van der Waals surface area (Å²) >= 11 is 0.835. The number of hydrogen-bond acceptors (Lipinski definition) is 4. The highest BCUT2D eigenvalue weighted by Crippen LogP contribution is 2.36. The molecule has 0 aromatic carbocycles. The summed E-state index contributed by atoms with van der Waals surface area (Å²) < 4.78 is 76.9. The van der Waals surface area contributed by atoms with E-state index in [2.05, 4.69) is 10.1 Å². The highest BCUT2D eigenvalue weighted by atomic mass is 32.2. The largest absolute Gasteiger partial charge is 0.433 e. The summed E-state index contributed by atoms with van der Waals surface area (Å²) in [5.74, 6) is 0. The Morgan fingerprint density at radius 1 is 1.19 bits per heavy atom. The molecule has 0 bridgehead atoms. The van der Waals surface area contributed by atoms with Crippen LogP contribution in [0.25, 0.3) is 5.65 Å². The van der Waals surface area contributed by atoms with Crippen molar-refractivity contribution in [1.29, 1.82) is 5.26 Å². The second kappa shape index (κ2) is 4.80. The fourth-order valence-electron chi connectivity index (χ4n) is 1.59. The van der Waals surface area contributed by atoms with Gasteiger partial charge in [0, 0.05) is 0 Å². The number of aromatic nitrogens is 3. The zero-order chi connectivity index (χ0) is 16.0. The van der Waals surface area contributed by atoms with Crippen molar-refractivity contribution in [2.45, 2.75) is 17.4 Å². The van der Waals surface area contributed by atoms with Crippen LogP contribution in [-0.2, 0) is 12.4 Å². The lowest BCUT2D eigenvalue weighted by Crippen LogP contribution is -2.18. The van der Waals surface area contributed by atoms with Crippen LogP contribution in [0.4, 0.5) is 26.3 Å². The van der Waals surface area contributed by atoms with Gasteiger partial charge in [0.05, 0.1) is 0 Å². The van der Waals surface area contributed by atoms with Crippen LogP contribution in [0.3, 0.4) is 0 Å². The molecule has 4 nitrogen and oxygen atoms in total. The molecular weight excluding hydrogens is 322 g/mol. The van der Waals surface area contributed by atoms with Crippen LogP contribution in [0.2, 0.25) is 0 Å². The lowest BCUT2D eigenvalue weighted by molar-refractivity contribution is -0.148.